The average molecular weight is 781 g/mol. The number of aliphatic carboxylic acids is 1. The van der Waals surface area contributed by atoms with Crippen molar-refractivity contribution in [2.45, 2.75) is 24.9 Å². The maximum Gasteiger partial charge on any atom is 0.338 e. The van der Waals surface area contributed by atoms with E-state index in [4.69, 9.17) is 31.2 Å². The zero-order chi connectivity index (χ0) is 38.1. The number of halogens is 4. The highest BCUT2D eigenvalue weighted by Crippen LogP contribution is 2.38. The Morgan fingerprint density at radius 2 is 1.89 bits per heavy atom. The van der Waals surface area contributed by atoms with Crippen molar-refractivity contribution in [3.05, 3.63) is 116 Å². The number of piperazine rings is 1. The zero-order valence-corrected chi connectivity index (χ0v) is 30.2. The standard InChI is InChI=1S/C37H32ClF3N6O6S/c1-52-36(50)32-28(43-34(35-42-10-13-54-35)44-33(32)24-6-4-21(39)15-25(24)38)19-45-11-12-46-22(17-45)18-47(37(46)51)29-7-5-23(16-26(29)40)53-30-8-2-20(14-27(30)41)3-9-31(48)49/h2,4-8,10,13-16,22,33H,3,9,11-12,17-19H2,1H3,(H,43,44)(H,48,49). The third-order valence-electron chi connectivity index (χ3n) is 9.30. The largest absolute Gasteiger partial charge is 0.481 e. The second kappa shape index (κ2) is 15.5. The number of aromatic nitrogens is 1. The summed E-state index contributed by atoms with van der Waals surface area (Å²) in [5.74, 6) is -3.40. The maximum atomic E-state index is 15.6. The summed E-state index contributed by atoms with van der Waals surface area (Å²) in [6.07, 6.45) is 1.62. The van der Waals surface area contributed by atoms with Crippen molar-refractivity contribution in [3.8, 4) is 11.5 Å². The molecule has 2 saturated heterocycles. The Kier molecular flexibility index (Phi) is 10.6. The van der Waals surface area contributed by atoms with Gasteiger partial charge in [-0.1, -0.05) is 23.7 Å². The molecule has 280 valence electrons. The number of nitrogens with zero attached hydrogens (tertiary/aromatic N) is 5. The van der Waals surface area contributed by atoms with E-state index in [2.05, 4.69) is 15.2 Å². The third kappa shape index (κ3) is 7.62. The van der Waals surface area contributed by atoms with Gasteiger partial charge in [-0.05, 0) is 48.4 Å². The lowest BCUT2D eigenvalue weighted by Crippen LogP contribution is -2.53. The Morgan fingerprint density at radius 1 is 1.06 bits per heavy atom. The lowest BCUT2D eigenvalue weighted by Gasteiger charge is -2.38. The molecule has 17 heteroatoms. The number of aryl methyl sites for hydroxylation is 1. The molecule has 2 atom stereocenters. The molecule has 54 heavy (non-hydrogen) atoms. The van der Waals surface area contributed by atoms with Crippen LogP contribution in [0.15, 0.2) is 82.4 Å². The first kappa shape index (κ1) is 36.9. The number of amides is 2. The monoisotopic (exact) mass is 780 g/mol. The molecule has 4 heterocycles. The summed E-state index contributed by atoms with van der Waals surface area (Å²) in [5.41, 5.74) is 1.59. The topological polar surface area (TPSA) is 137 Å². The number of hydrogen-bond acceptors (Lipinski definition) is 10. The SMILES string of the molecule is COC(=O)C1=C(CN2CCN3C(=O)N(c4ccc(Oc5ccc(CCC(=O)O)cc5F)cc4F)CC3C2)NC(c2nccs2)=NC1c1ccc(F)cc1Cl. The van der Waals surface area contributed by atoms with E-state index in [1.54, 1.807) is 22.5 Å². The van der Waals surface area contributed by atoms with Crippen LogP contribution in [0.2, 0.25) is 5.02 Å². The van der Waals surface area contributed by atoms with E-state index in [-0.39, 0.29) is 65.8 Å². The van der Waals surface area contributed by atoms with Crippen molar-refractivity contribution >= 4 is 52.4 Å². The molecule has 0 spiro atoms. The predicted octanol–water partition coefficient (Wildman–Crippen LogP) is 6.17. The highest BCUT2D eigenvalue weighted by molar-refractivity contribution is 7.11. The number of nitrogens with one attached hydrogen (secondary N) is 1. The molecule has 2 unspecified atom stereocenters. The first-order valence-corrected chi connectivity index (χ1v) is 18.0. The first-order chi connectivity index (χ1) is 26.0. The number of benzene rings is 3. The molecule has 7 rings (SSSR count). The molecule has 2 fully saturated rings. The van der Waals surface area contributed by atoms with Gasteiger partial charge < -0.3 is 24.8 Å². The van der Waals surface area contributed by atoms with E-state index in [9.17, 15) is 23.2 Å². The van der Waals surface area contributed by atoms with E-state index in [0.29, 0.717) is 47.3 Å². The number of amidine groups is 1. The summed E-state index contributed by atoms with van der Waals surface area (Å²) in [6.45, 7) is 1.54. The molecule has 0 aliphatic carbocycles. The molecular formula is C37H32ClF3N6O6S. The van der Waals surface area contributed by atoms with Crippen molar-refractivity contribution < 1.29 is 42.1 Å². The van der Waals surface area contributed by atoms with E-state index < -0.39 is 35.4 Å². The summed E-state index contributed by atoms with van der Waals surface area (Å²) in [7, 11) is 1.26. The van der Waals surface area contributed by atoms with E-state index in [1.807, 2.05) is 0 Å². The van der Waals surface area contributed by atoms with Gasteiger partial charge in [0.1, 0.15) is 17.6 Å². The molecule has 1 aromatic heterocycles. The normalized spacial score (nSPS) is 18.7. The van der Waals surface area contributed by atoms with Crippen LogP contribution in [0.3, 0.4) is 0 Å². The molecule has 3 aliphatic rings. The molecule has 0 radical (unpaired) electrons. The number of rotatable bonds is 11. The van der Waals surface area contributed by atoms with Gasteiger partial charge in [0, 0.05) is 73.1 Å². The first-order valence-electron chi connectivity index (χ1n) is 16.8. The molecule has 4 aromatic rings. The maximum absolute atomic E-state index is 15.6. The summed E-state index contributed by atoms with van der Waals surface area (Å²) < 4.78 is 55.0. The van der Waals surface area contributed by atoms with E-state index in [1.165, 1.54) is 59.7 Å². The number of aliphatic imine (C=N–C) groups is 1. The number of fused-ring (bicyclic) bond motifs is 1. The number of hydrogen-bond donors (Lipinski definition) is 2. The quantitative estimate of drug-likeness (QED) is 0.171. The van der Waals surface area contributed by atoms with E-state index in [0.717, 1.165) is 12.1 Å². The van der Waals surface area contributed by atoms with Gasteiger partial charge in [0.15, 0.2) is 28.2 Å². The van der Waals surface area contributed by atoms with Gasteiger partial charge in [-0.25, -0.2) is 27.7 Å². The lowest BCUT2D eigenvalue weighted by atomic mass is 9.95. The minimum Gasteiger partial charge on any atom is -0.481 e. The highest BCUT2D eigenvalue weighted by atomic mass is 35.5. The van der Waals surface area contributed by atoms with Gasteiger partial charge in [-0.2, -0.15) is 0 Å². The summed E-state index contributed by atoms with van der Waals surface area (Å²) in [4.78, 5) is 52.0. The second-order valence-electron chi connectivity index (χ2n) is 12.7. The van der Waals surface area contributed by atoms with Crippen LogP contribution in [0.4, 0.5) is 23.7 Å². The predicted molar refractivity (Wildman–Crippen MR) is 193 cm³/mol. The van der Waals surface area contributed by atoms with Gasteiger partial charge in [-0.15, -0.1) is 11.3 Å². The molecule has 2 N–H and O–H groups in total. The molecule has 0 saturated carbocycles. The van der Waals surface area contributed by atoms with Crippen molar-refractivity contribution in [2.24, 2.45) is 4.99 Å². The molecule has 3 aliphatic heterocycles. The summed E-state index contributed by atoms with van der Waals surface area (Å²) in [5, 5.41) is 14.6. The van der Waals surface area contributed by atoms with Crippen LogP contribution in [0.25, 0.3) is 0 Å². The van der Waals surface area contributed by atoms with Crippen LogP contribution in [-0.2, 0) is 20.7 Å². The Hall–Kier alpha value is -5.45. The van der Waals surface area contributed by atoms with Crippen molar-refractivity contribution in [2.75, 3.05) is 44.7 Å². The fourth-order valence-corrected chi connectivity index (χ4v) is 7.60. The minimum absolute atomic E-state index is 0.0135. The van der Waals surface area contributed by atoms with Crippen molar-refractivity contribution in [3.63, 3.8) is 0 Å². The Labute approximate surface area is 316 Å². The summed E-state index contributed by atoms with van der Waals surface area (Å²) in [6, 6.07) is 10.2. The lowest BCUT2D eigenvalue weighted by molar-refractivity contribution is -0.137. The highest BCUT2D eigenvalue weighted by Gasteiger charge is 2.43. The van der Waals surface area contributed by atoms with Gasteiger partial charge in [-0.3, -0.25) is 19.6 Å². The fourth-order valence-electron chi connectivity index (χ4n) is 6.74. The van der Waals surface area contributed by atoms with Crippen LogP contribution >= 0.6 is 22.9 Å². The Morgan fingerprint density at radius 3 is 2.59 bits per heavy atom. The number of methoxy groups -OCH3 is 1. The molecule has 3 aromatic carbocycles. The average Bonchev–Trinajstić information content (AvgIpc) is 3.80. The molecule has 0 bridgehead atoms. The molecular weight excluding hydrogens is 749 g/mol. The van der Waals surface area contributed by atoms with Crippen molar-refractivity contribution in [1.29, 1.82) is 0 Å². The number of urea groups is 1. The van der Waals surface area contributed by atoms with Gasteiger partial charge in [0.25, 0.3) is 0 Å². The number of anilines is 1. The minimum atomic E-state index is -1.000. The molecule has 2 amide bonds. The Balaban J connectivity index is 1.08. The number of carboxylic acid groups (broad SMARTS) is 1. The van der Waals surface area contributed by atoms with Gasteiger partial charge >= 0.3 is 18.0 Å². The summed E-state index contributed by atoms with van der Waals surface area (Å²) >= 11 is 7.82. The van der Waals surface area contributed by atoms with E-state index >= 15 is 4.39 Å². The third-order valence-corrected chi connectivity index (χ3v) is 10.4. The van der Waals surface area contributed by atoms with Crippen LogP contribution in [-0.4, -0.2) is 89.6 Å². The Bertz CT molecular complexity index is 2190. The van der Waals surface area contributed by atoms with Crippen LogP contribution < -0.4 is 15.0 Å². The number of carboxylic acids is 1. The number of carbonyl (C=O) groups is 3. The molecule has 12 nitrogen and oxygen atoms in total. The number of carbonyl (C=O) groups excluding carboxylic acids is 2. The van der Waals surface area contributed by atoms with Crippen LogP contribution in [0.1, 0.15) is 28.6 Å². The number of ether oxygens (including phenoxy) is 2. The van der Waals surface area contributed by atoms with Gasteiger partial charge in [0.2, 0.25) is 0 Å². The zero-order valence-electron chi connectivity index (χ0n) is 28.6. The number of esters is 1. The van der Waals surface area contributed by atoms with Crippen LogP contribution in [0, 0.1) is 17.5 Å². The van der Waals surface area contributed by atoms with Crippen molar-refractivity contribution in [1.82, 2.24) is 20.1 Å². The van der Waals surface area contributed by atoms with Gasteiger partial charge in [0.05, 0.1) is 24.4 Å². The van der Waals surface area contributed by atoms with Crippen LogP contribution in [0.5, 0.6) is 11.5 Å². The smallest absolute Gasteiger partial charge is 0.338 e. The number of thiazole rings is 1. The second-order valence-corrected chi connectivity index (χ2v) is 14.0. The fraction of sp³-hybridized carbons (Fsp3) is 0.270.